The van der Waals surface area contributed by atoms with Gasteiger partial charge in [-0.05, 0) is 35.4 Å². The van der Waals surface area contributed by atoms with Crippen LogP contribution in [0.3, 0.4) is 0 Å². The molecule has 0 spiro atoms. The summed E-state index contributed by atoms with van der Waals surface area (Å²) in [6, 6.07) is 15.4. The summed E-state index contributed by atoms with van der Waals surface area (Å²) in [6.45, 7) is 0. The second kappa shape index (κ2) is 5.52. The highest BCUT2D eigenvalue weighted by molar-refractivity contribution is 9.10. The van der Waals surface area contributed by atoms with Gasteiger partial charge in [-0.3, -0.25) is 4.98 Å². The molecule has 0 bridgehead atoms. The Hall–Kier alpha value is -1.42. The Morgan fingerprint density at radius 2 is 1.90 bits per heavy atom. The van der Waals surface area contributed by atoms with Gasteiger partial charge < -0.3 is 5.73 Å². The Balaban J connectivity index is 2.15. The number of hydrogen-bond donors (Lipinski definition) is 1. The molecule has 0 aliphatic carbocycles. The van der Waals surface area contributed by atoms with Crippen LogP contribution in [-0.4, -0.2) is 4.98 Å². The molecule has 2 N–H and O–H groups in total. The van der Waals surface area contributed by atoms with Crippen molar-refractivity contribution in [3.63, 3.8) is 0 Å². The molecule has 0 radical (unpaired) electrons. The van der Waals surface area contributed by atoms with E-state index in [1.54, 1.807) is 6.20 Å². The van der Waals surface area contributed by atoms with Gasteiger partial charge in [-0.2, -0.15) is 0 Å². The molecule has 1 unspecified atom stereocenters. The fourth-order valence-electron chi connectivity index (χ4n) is 2.32. The molecule has 2 aromatic carbocycles. The lowest BCUT2D eigenvalue weighted by Gasteiger charge is -2.16. The zero-order valence-corrected chi connectivity index (χ0v) is 12.9. The van der Waals surface area contributed by atoms with Crippen LogP contribution < -0.4 is 5.73 Å². The Bertz CT molecular complexity index is 768. The first-order valence-corrected chi connectivity index (χ1v) is 7.38. The fraction of sp³-hybridized carbons (Fsp3) is 0.0625. The van der Waals surface area contributed by atoms with Crippen LogP contribution >= 0.6 is 27.5 Å². The largest absolute Gasteiger partial charge is 0.320 e. The van der Waals surface area contributed by atoms with E-state index >= 15 is 0 Å². The Morgan fingerprint density at radius 1 is 1.05 bits per heavy atom. The Labute approximate surface area is 130 Å². The van der Waals surface area contributed by atoms with E-state index in [4.69, 9.17) is 17.3 Å². The minimum atomic E-state index is -0.227. The van der Waals surface area contributed by atoms with Crippen molar-refractivity contribution in [2.45, 2.75) is 6.04 Å². The number of benzene rings is 2. The van der Waals surface area contributed by atoms with Crippen LogP contribution in [0, 0.1) is 0 Å². The summed E-state index contributed by atoms with van der Waals surface area (Å²) in [7, 11) is 0. The zero-order chi connectivity index (χ0) is 14.1. The van der Waals surface area contributed by atoms with Crippen molar-refractivity contribution in [2.24, 2.45) is 5.73 Å². The third-order valence-electron chi connectivity index (χ3n) is 3.31. The zero-order valence-electron chi connectivity index (χ0n) is 10.6. The molecule has 0 aliphatic rings. The molecule has 1 aromatic heterocycles. The van der Waals surface area contributed by atoms with Crippen molar-refractivity contribution in [1.82, 2.24) is 4.98 Å². The number of pyridine rings is 1. The number of aromatic nitrogens is 1. The van der Waals surface area contributed by atoms with Crippen molar-refractivity contribution in [3.8, 4) is 0 Å². The van der Waals surface area contributed by atoms with Crippen LogP contribution in [0.4, 0.5) is 0 Å². The van der Waals surface area contributed by atoms with Gasteiger partial charge in [-0.25, -0.2) is 0 Å². The van der Waals surface area contributed by atoms with Crippen molar-refractivity contribution < 1.29 is 0 Å². The smallest absolute Gasteiger partial charge is 0.0705 e. The highest BCUT2D eigenvalue weighted by atomic mass is 79.9. The summed E-state index contributed by atoms with van der Waals surface area (Å²) in [5.41, 5.74) is 9.44. The Kier molecular flexibility index (Phi) is 3.74. The summed E-state index contributed by atoms with van der Waals surface area (Å²) in [5, 5.41) is 1.76. The second-order valence-electron chi connectivity index (χ2n) is 4.56. The lowest BCUT2D eigenvalue weighted by molar-refractivity contribution is 0.874. The first-order chi connectivity index (χ1) is 9.66. The maximum Gasteiger partial charge on any atom is 0.0705 e. The summed E-state index contributed by atoms with van der Waals surface area (Å²) in [6.07, 6.45) is 1.79. The van der Waals surface area contributed by atoms with E-state index in [0.29, 0.717) is 5.02 Å². The number of rotatable bonds is 2. The van der Waals surface area contributed by atoms with Crippen LogP contribution in [0.2, 0.25) is 5.02 Å². The molecule has 0 saturated heterocycles. The van der Waals surface area contributed by atoms with Gasteiger partial charge in [0.1, 0.15) is 0 Å². The molecule has 3 rings (SSSR count). The average molecular weight is 348 g/mol. The van der Waals surface area contributed by atoms with Crippen molar-refractivity contribution in [3.05, 3.63) is 75.4 Å². The van der Waals surface area contributed by atoms with Gasteiger partial charge in [0.2, 0.25) is 0 Å². The molecule has 4 heteroatoms. The maximum atomic E-state index is 6.43. The lowest BCUT2D eigenvalue weighted by atomic mass is 9.96. The normalized spacial score (nSPS) is 12.6. The molecule has 20 heavy (non-hydrogen) atoms. The van der Waals surface area contributed by atoms with Gasteiger partial charge in [0.05, 0.1) is 11.6 Å². The molecule has 1 atom stereocenters. The molecule has 1 heterocycles. The van der Waals surface area contributed by atoms with E-state index in [1.807, 2.05) is 48.5 Å². The number of nitrogens with two attached hydrogens (primary N) is 1. The fourth-order valence-corrected chi connectivity index (χ4v) is 3.25. The molecule has 100 valence electrons. The molecule has 2 nitrogen and oxygen atoms in total. The predicted octanol–water partition coefficient (Wildman–Crippen LogP) is 4.70. The summed E-state index contributed by atoms with van der Waals surface area (Å²) in [5.74, 6) is 0. The standard InChI is InChI=1S/C16H12BrClN2/c17-14-9-10(18)6-7-13(14)16(19)12-3-1-5-15-11(12)4-2-8-20-15/h1-9,16H,19H2. The van der Waals surface area contributed by atoms with E-state index in [9.17, 15) is 0 Å². The molecular weight excluding hydrogens is 336 g/mol. The molecule has 0 saturated carbocycles. The van der Waals surface area contributed by atoms with E-state index in [-0.39, 0.29) is 6.04 Å². The minimum Gasteiger partial charge on any atom is -0.320 e. The van der Waals surface area contributed by atoms with Crippen molar-refractivity contribution in [1.29, 1.82) is 0 Å². The summed E-state index contributed by atoms with van der Waals surface area (Å²) >= 11 is 9.51. The maximum absolute atomic E-state index is 6.43. The highest BCUT2D eigenvalue weighted by Crippen LogP contribution is 2.32. The number of nitrogens with zero attached hydrogens (tertiary/aromatic N) is 1. The first-order valence-electron chi connectivity index (χ1n) is 6.21. The third kappa shape index (κ3) is 2.44. The van der Waals surface area contributed by atoms with Gasteiger partial charge in [0.15, 0.2) is 0 Å². The number of hydrogen-bond acceptors (Lipinski definition) is 2. The SMILES string of the molecule is NC(c1ccc(Cl)cc1Br)c1cccc2ncccc12. The van der Waals surface area contributed by atoms with Gasteiger partial charge in [-0.1, -0.05) is 51.8 Å². The molecular formula is C16H12BrClN2. The highest BCUT2D eigenvalue weighted by Gasteiger charge is 2.15. The molecule has 0 fully saturated rings. The second-order valence-corrected chi connectivity index (χ2v) is 5.85. The van der Waals surface area contributed by atoms with Crippen LogP contribution in [0.5, 0.6) is 0 Å². The number of fused-ring (bicyclic) bond motifs is 1. The van der Waals surface area contributed by atoms with E-state index < -0.39 is 0 Å². The van der Waals surface area contributed by atoms with Gasteiger partial charge in [0.25, 0.3) is 0 Å². The summed E-state index contributed by atoms with van der Waals surface area (Å²) in [4.78, 5) is 4.37. The quantitative estimate of drug-likeness (QED) is 0.730. The van der Waals surface area contributed by atoms with Gasteiger partial charge in [-0.15, -0.1) is 0 Å². The monoisotopic (exact) mass is 346 g/mol. The molecule has 3 aromatic rings. The van der Waals surface area contributed by atoms with Crippen LogP contribution in [0.15, 0.2) is 59.2 Å². The van der Waals surface area contributed by atoms with Crippen molar-refractivity contribution >= 4 is 38.4 Å². The van der Waals surface area contributed by atoms with Crippen molar-refractivity contribution in [2.75, 3.05) is 0 Å². The minimum absolute atomic E-state index is 0.227. The molecule has 0 amide bonds. The topological polar surface area (TPSA) is 38.9 Å². The van der Waals surface area contributed by atoms with Gasteiger partial charge in [0, 0.05) is 21.1 Å². The lowest BCUT2D eigenvalue weighted by Crippen LogP contribution is -2.13. The van der Waals surface area contributed by atoms with Gasteiger partial charge >= 0.3 is 0 Å². The van der Waals surface area contributed by atoms with Crippen LogP contribution in [0.1, 0.15) is 17.2 Å². The number of halogens is 2. The Morgan fingerprint density at radius 3 is 2.70 bits per heavy atom. The average Bonchev–Trinajstić information content (AvgIpc) is 2.46. The first kappa shape index (κ1) is 13.6. The van der Waals surface area contributed by atoms with Crippen LogP contribution in [0.25, 0.3) is 10.9 Å². The van der Waals surface area contributed by atoms with E-state index in [0.717, 1.165) is 26.5 Å². The third-order valence-corrected chi connectivity index (χ3v) is 4.23. The summed E-state index contributed by atoms with van der Waals surface area (Å²) < 4.78 is 0.915. The molecule has 0 aliphatic heterocycles. The van der Waals surface area contributed by atoms with E-state index in [2.05, 4.69) is 20.9 Å². The van der Waals surface area contributed by atoms with E-state index in [1.165, 1.54) is 0 Å². The van der Waals surface area contributed by atoms with Crippen LogP contribution in [-0.2, 0) is 0 Å². The predicted molar refractivity (Wildman–Crippen MR) is 86.9 cm³/mol.